The van der Waals surface area contributed by atoms with Crippen LogP contribution in [0.3, 0.4) is 0 Å². The van der Waals surface area contributed by atoms with Crippen LogP contribution in [0.1, 0.15) is 16.7 Å². The van der Waals surface area contributed by atoms with Crippen molar-refractivity contribution in [2.45, 2.75) is 6.92 Å². The summed E-state index contributed by atoms with van der Waals surface area (Å²) in [6.07, 6.45) is 2.11. The summed E-state index contributed by atoms with van der Waals surface area (Å²) in [5.74, 6) is 0. The second-order valence-electron chi connectivity index (χ2n) is 5.41. The van der Waals surface area contributed by atoms with Gasteiger partial charge in [-0.1, -0.05) is 69.7 Å². The second kappa shape index (κ2) is 5.91. The Bertz CT molecular complexity index is 836. The summed E-state index contributed by atoms with van der Waals surface area (Å²) >= 11 is 5.10. The maximum Gasteiger partial charge on any atom is 0.196 e. The van der Waals surface area contributed by atoms with Gasteiger partial charge in [0.25, 0.3) is 0 Å². The predicted molar refractivity (Wildman–Crippen MR) is 101 cm³/mol. The number of benzene rings is 2. The molecule has 2 aromatic rings. The van der Waals surface area contributed by atoms with Crippen molar-refractivity contribution in [3.8, 4) is 0 Å². The van der Waals surface area contributed by atoms with Gasteiger partial charge in [-0.3, -0.25) is 10.3 Å². The van der Waals surface area contributed by atoms with Crippen molar-refractivity contribution >= 4 is 44.3 Å². The van der Waals surface area contributed by atoms with Crippen LogP contribution >= 0.6 is 27.7 Å². The van der Waals surface area contributed by atoms with Gasteiger partial charge in [0.1, 0.15) is 0 Å². The lowest BCUT2D eigenvalue weighted by molar-refractivity contribution is 0.759. The standard InChI is InChI=1S/C18H14BrN3S/c1-12-2-4-14(5-3-12)17-11-23-18-21-20-16(10-22(17)18)13-6-8-15(19)9-7-13/h2-11,20H,1H3. The summed E-state index contributed by atoms with van der Waals surface area (Å²) in [5, 5.41) is 7.58. The van der Waals surface area contributed by atoms with Gasteiger partial charge < -0.3 is 0 Å². The molecule has 0 aromatic heterocycles. The minimum Gasteiger partial charge on any atom is -0.291 e. The van der Waals surface area contributed by atoms with Gasteiger partial charge in [-0.25, -0.2) is 0 Å². The number of nitrogens with one attached hydrogen (secondary N) is 1. The van der Waals surface area contributed by atoms with Gasteiger partial charge in [0.2, 0.25) is 0 Å². The average Bonchev–Trinajstić information content (AvgIpc) is 2.99. The molecule has 1 N–H and O–H groups in total. The van der Waals surface area contributed by atoms with Crippen molar-refractivity contribution in [1.82, 2.24) is 10.3 Å². The number of hydrogen-bond acceptors (Lipinski definition) is 4. The first-order valence-electron chi connectivity index (χ1n) is 7.25. The Hall–Kier alpha value is -1.98. The molecular weight excluding hydrogens is 370 g/mol. The molecule has 2 aromatic carbocycles. The molecule has 0 aliphatic carbocycles. The lowest BCUT2D eigenvalue weighted by atomic mass is 10.1. The van der Waals surface area contributed by atoms with Crippen LogP contribution in [0.2, 0.25) is 0 Å². The molecule has 0 atom stereocenters. The molecule has 5 heteroatoms. The van der Waals surface area contributed by atoms with Gasteiger partial charge in [0.05, 0.1) is 11.4 Å². The number of halogens is 1. The number of hydrazone groups is 1. The van der Waals surface area contributed by atoms with Crippen molar-refractivity contribution in [2.24, 2.45) is 5.10 Å². The summed E-state index contributed by atoms with van der Waals surface area (Å²) in [5.41, 5.74) is 8.86. The van der Waals surface area contributed by atoms with E-state index in [0.29, 0.717) is 0 Å². The van der Waals surface area contributed by atoms with Crippen molar-refractivity contribution in [3.63, 3.8) is 0 Å². The van der Waals surface area contributed by atoms with Crippen molar-refractivity contribution < 1.29 is 0 Å². The number of nitrogens with zero attached hydrogens (tertiary/aromatic N) is 2. The molecular formula is C18H14BrN3S. The molecule has 2 aliphatic rings. The third-order valence-electron chi connectivity index (χ3n) is 3.77. The van der Waals surface area contributed by atoms with Gasteiger partial charge in [0.15, 0.2) is 5.17 Å². The molecule has 114 valence electrons. The zero-order valence-electron chi connectivity index (χ0n) is 12.5. The fourth-order valence-corrected chi connectivity index (χ4v) is 3.59. The van der Waals surface area contributed by atoms with Gasteiger partial charge in [-0.05, 0) is 24.6 Å². The number of fused-ring (bicyclic) bond motifs is 1. The average molecular weight is 384 g/mol. The number of amidine groups is 1. The van der Waals surface area contributed by atoms with Gasteiger partial charge >= 0.3 is 0 Å². The molecule has 0 radical (unpaired) electrons. The maximum atomic E-state index is 4.49. The third kappa shape index (κ3) is 2.82. The highest BCUT2D eigenvalue weighted by molar-refractivity contribution is 9.10. The zero-order chi connectivity index (χ0) is 15.8. The molecule has 4 rings (SSSR count). The SMILES string of the molecule is Cc1ccc(C2=CSC3=NNC(c4ccc(Br)cc4)=CN23)cc1. The van der Waals surface area contributed by atoms with Crippen LogP contribution in [0, 0.1) is 6.92 Å². The highest BCUT2D eigenvalue weighted by Gasteiger charge is 2.26. The van der Waals surface area contributed by atoms with Crippen molar-refractivity contribution in [2.75, 3.05) is 0 Å². The Morgan fingerprint density at radius 2 is 1.70 bits per heavy atom. The van der Waals surface area contributed by atoms with E-state index in [-0.39, 0.29) is 0 Å². The lowest BCUT2D eigenvalue weighted by Gasteiger charge is -2.24. The first kappa shape index (κ1) is 14.6. The molecule has 0 amide bonds. The van der Waals surface area contributed by atoms with E-state index in [1.807, 2.05) is 12.1 Å². The van der Waals surface area contributed by atoms with Gasteiger partial charge in [-0.2, -0.15) is 0 Å². The van der Waals surface area contributed by atoms with E-state index < -0.39 is 0 Å². The summed E-state index contributed by atoms with van der Waals surface area (Å²) in [4.78, 5) is 2.14. The monoisotopic (exact) mass is 383 g/mol. The Kier molecular flexibility index (Phi) is 3.75. The number of rotatable bonds is 2. The summed E-state index contributed by atoms with van der Waals surface area (Å²) in [7, 11) is 0. The van der Waals surface area contributed by atoms with E-state index in [1.54, 1.807) is 11.8 Å². The lowest BCUT2D eigenvalue weighted by Crippen LogP contribution is -2.26. The number of hydrogen-bond donors (Lipinski definition) is 1. The fourth-order valence-electron chi connectivity index (χ4n) is 2.50. The maximum absolute atomic E-state index is 4.49. The number of aryl methyl sites for hydroxylation is 1. The molecule has 3 nitrogen and oxygen atoms in total. The fraction of sp³-hybridized carbons (Fsp3) is 0.0556. The van der Waals surface area contributed by atoms with Crippen LogP contribution in [0.4, 0.5) is 0 Å². The van der Waals surface area contributed by atoms with Gasteiger partial charge in [-0.15, -0.1) is 5.10 Å². The molecule has 0 fully saturated rings. The molecule has 2 heterocycles. The van der Waals surface area contributed by atoms with Crippen molar-refractivity contribution in [3.05, 3.63) is 81.3 Å². The molecule has 2 aliphatic heterocycles. The van der Waals surface area contributed by atoms with Crippen LogP contribution < -0.4 is 5.43 Å². The minimum atomic E-state index is 0.946. The molecule has 23 heavy (non-hydrogen) atoms. The van der Waals surface area contributed by atoms with E-state index in [1.165, 1.54) is 11.1 Å². The van der Waals surface area contributed by atoms with Crippen LogP contribution in [-0.2, 0) is 0 Å². The van der Waals surface area contributed by atoms with Crippen molar-refractivity contribution in [1.29, 1.82) is 0 Å². The van der Waals surface area contributed by atoms with Crippen LogP contribution in [-0.4, -0.2) is 10.1 Å². The van der Waals surface area contributed by atoms with E-state index in [9.17, 15) is 0 Å². The molecule has 0 spiro atoms. The Morgan fingerprint density at radius 1 is 1.00 bits per heavy atom. The Morgan fingerprint density at radius 3 is 2.43 bits per heavy atom. The molecule has 0 bridgehead atoms. The first-order valence-corrected chi connectivity index (χ1v) is 8.92. The van der Waals surface area contributed by atoms with E-state index in [2.05, 4.69) is 86.3 Å². The predicted octanol–water partition coefficient (Wildman–Crippen LogP) is 4.98. The normalized spacial score (nSPS) is 16.3. The summed E-state index contributed by atoms with van der Waals surface area (Å²) in [6.45, 7) is 2.10. The smallest absolute Gasteiger partial charge is 0.196 e. The topological polar surface area (TPSA) is 27.6 Å². The minimum absolute atomic E-state index is 0.946. The number of thioether (sulfide) groups is 1. The Balaban J connectivity index is 1.68. The van der Waals surface area contributed by atoms with Crippen LogP contribution in [0.15, 0.2) is 69.7 Å². The zero-order valence-corrected chi connectivity index (χ0v) is 14.9. The van der Waals surface area contributed by atoms with E-state index in [0.717, 1.165) is 26.6 Å². The summed E-state index contributed by atoms with van der Waals surface area (Å²) < 4.78 is 1.07. The van der Waals surface area contributed by atoms with E-state index in [4.69, 9.17) is 0 Å². The second-order valence-corrected chi connectivity index (χ2v) is 7.17. The first-order chi connectivity index (χ1) is 11.2. The summed E-state index contributed by atoms with van der Waals surface area (Å²) in [6, 6.07) is 16.8. The van der Waals surface area contributed by atoms with Crippen LogP contribution in [0.25, 0.3) is 11.4 Å². The Labute approximate surface area is 147 Å². The highest BCUT2D eigenvalue weighted by Crippen LogP contribution is 2.36. The molecule has 0 saturated heterocycles. The van der Waals surface area contributed by atoms with E-state index >= 15 is 0 Å². The quantitative estimate of drug-likeness (QED) is 0.792. The molecule has 0 unspecified atom stereocenters. The molecule has 0 saturated carbocycles. The third-order valence-corrected chi connectivity index (χ3v) is 5.14. The van der Waals surface area contributed by atoms with Gasteiger partial charge in [0, 0.05) is 21.6 Å². The highest BCUT2D eigenvalue weighted by atomic mass is 79.9. The largest absolute Gasteiger partial charge is 0.291 e. The van der Waals surface area contributed by atoms with Crippen LogP contribution in [0.5, 0.6) is 0 Å².